The monoisotopic (exact) mass is 627 g/mol. The maximum absolute atomic E-state index is 10.7. The Hall–Kier alpha value is -0.640. The molecule has 250 valence electrons. The van der Waals surface area contributed by atoms with E-state index < -0.39 is 129 Å². The summed E-state index contributed by atoms with van der Waals surface area (Å²) < 4.78 is 28.5. The van der Waals surface area contributed by atoms with E-state index in [-0.39, 0.29) is 32.1 Å². The van der Waals surface area contributed by atoms with Gasteiger partial charge in [0.25, 0.3) is 0 Å². The van der Waals surface area contributed by atoms with Crippen LogP contribution in [0.25, 0.3) is 0 Å². The van der Waals surface area contributed by atoms with Crippen LogP contribution in [0.3, 0.4) is 0 Å². The number of hydrogen-bond donors (Lipinski definition) is 11. The van der Waals surface area contributed by atoms with Crippen LogP contribution in [0.15, 0.2) is 0 Å². The van der Waals surface area contributed by atoms with Crippen molar-refractivity contribution in [1.29, 1.82) is 0 Å². The number of rotatable bonds is 6. The zero-order valence-corrected chi connectivity index (χ0v) is 23.8. The van der Waals surface area contributed by atoms with Gasteiger partial charge in [-0.05, 0) is 26.2 Å². The Morgan fingerprint density at radius 3 is 1.84 bits per heavy atom. The zero-order chi connectivity index (χ0) is 31.3. The molecule has 16 nitrogen and oxygen atoms in total. The molecule has 0 radical (unpaired) electrons. The number of ether oxygens (including phenoxy) is 5. The topological polar surface area (TPSA) is 272 Å². The zero-order valence-electron chi connectivity index (χ0n) is 23.8. The van der Waals surface area contributed by atoms with Crippen molar-refractivity contribution in [2.24, 2.45) is 11.8 Å². The normalized spacial score (nSPS) is 56.4. The van der Waals surface area contributed by atoms with Crippen molar-refractivity contribution < 1.29 is 79.9 Å². The van der Waals surface area contributed by atoms with Crippen molar-refractivity contribution in [1.82, 2.24) is 0 Å². The van der Waals surface area contributed by atoms with E-state index in [0.717, 1.165) is 0 Å². The van der Waals surface area contributed by atoms with Crippen molar-refractivity contribution in [3.8, 4) is 0 Å². The van der Waals surface area contributed by atoms with E-state index in [2.05, 4.69) is 0 Å². The van der Waals surface area contributed by atoms with Crippen molar-refractivity contribution in [3.63, 3.8) is 0 Å². The molecule has 2 aliphatic carbocycles. The van der Waals surface area contributed by atoms with Gasteiger partial charge in [-0.15, -0.1) is 0 Å². The Kier molecular flexibility index (Phi) is 10.7. The maximum Gasteiger partial charge on any atom is 0.187 e. The maximum atomic E-state index is 10.7. The summed E-state index contributed by atoms with van der Waals surface area (Å²) in [6.45, 7) is 0.866. The van der Waals surface area contributed by atoms with Crippen molar-refractivity contribution >= 4 is 0 Å². The molecular weight excluding hydrogens is 580 g/mol. The van der Waals surface area contributed by atoms with Gasteiger partial charge < -0.3 is 79.9 Å². The lowest BCUT2D eigenvalue weighted by atomic mass is 9.72. The second kappa shape index (κ2) is 13.6. The Balaban J connectivity index is 1.39. The second-order valence-electron chi connectivity index (χ2n) is 12.8. The lowest BCUT2D eigenvalue weighted by Crippen LogP contribution is -2.64. The highest BCUT2D eigenvalue weighted by atomic mass is 16.7. The summed E-state index contributed by atoms with van der Waals surface area (Å²) in [4.78, 5) is 0. The fourth-order valence-electron chi connectivity index (χ4n) is 7.34. The summed E-state index contributed by atoms with van der Waals surface area (Å²) in [6.07, 6.45) is -21.1. The smallest absolute Gasteiger partial charge is 0.187 e. The van der Waals surface area contributed by atoms with Crippen LogP contribution in [0.1, 0.15) is 39.0 Å². The molecule has 18 unspecified atom stereocenters. The predicted molar refractivity (Wildman–Crippen MR) is 140 cm³/mol. The Morgan fingerprint density at radius 1 is 0.628 bits per heavy atom. The Labute approximate surface area is 248 Å². The van der Waals surface area contributed by atoms with Gasteiger partial charge in [-0.2, -0.15) is 0 Å². The largest absolute Gasteiger partial charge is 0.427 e. The minimum atomic E-state index is -1.66. The van der Waals surface area contributed by atoms with Crippen LogP contribution in [0, 0.1) is 11.8 Å². The Morgan fingerprint density at radius 2 is 1.21 bits per heavy atom. The molecule has 3 aliphatic heterocycles. The number of aliphatic hydroxyl groups excluding tert-OH is 11. The van der Waals surface area contributed by atoms with Gasteiger partial charge in [0.2, 0.25) is 0 Å². The third-order valence-corrected chi connectivity index (χ3v) is 9.87. The highest BCUT2D eigenvalue weighted by molar-refractivity contribution is 5.00. The molecule has 5 fully saturated rings. The molecule has 0 amide bonds. The fraction of sp³-hybridized carbons (Fsp3) is 1.00. The van der Waals surface area contributed by atoms with Crippen molar-refractivity contribution in [2.45, 2.75) is 149 Å². The molecule has 0 aromatic heterocycles. The van der Waals surface area contributed by atoms with E-state index in [9.17, 15) is 56.2 Å². The summed E-state index contributed by atoms with van der Waals surface area (Å²) in [7, 11) is 0. The Bertz CT molecular complexity index is 900. The van der Waals surface area contributed by atoms with Gasteiger partial charge in [-0.1, -0.05) is 0 Å². The van der Waals surface area contributed by atoms with E-state index in [4.69, 9.17) is 23.7 Å². The van der Waals surface area contributed by atoms with Crippen molar-refractivity contribution in [2.75, 3.05) is 6.61 Å². The molecule has 2 saturated carbocycles. The summed E-state index contributed by atoms with van der Waals surface area (Å²) in [5.41, 5.74) is 0. The summed E-state index contributed by atoms with van der Waals surface area (Å²) in [6, 6.07) is 0. The van der Waals surface area contributed by atoms with Crippen LogP contribution in [0.2, 0.25) is 0 Å². The first-order chi connectivity index (χ1) is 20.3. The first kappa shape index (κ1) is 33.7. The molecule has 3 heterocycles. The summed E-state index contributed by atoms with van der Waals surface area (Å²) in [5.74, 6) is -0.938. The van der Waals surface area contributed by atoms with E-state index in [1.54, 1.807) is 0 Å². The highest BCUT2D eigenvalue weighted by Gasteiger charge is 2.57. The molecule has 0 spiro atoms. The lowest BCUT2D eigenvalue weighted by molar-refractivity contribution is -0.366. The quantitative estimate of drug-likeness (QED) is 0.123. The SMILES string of the molecule is CC1OC(OC2CC3C(OC4OC(CO)C(O)C(O)C4O)CC(O)CC3[OH+]C2C2CC(O)C(O)C(O)C2)C(O)C(O)C1O. The van der Waals surface area contributed by atoms with Gasteiger partial charge in [0.1, 0.15) is 54.9 Å². The van der Waals surface area contributed by atoms with E-state index in [1.807, 2.05) is 0 Å². The number of fused-ring (bicyclic) bond motifs is 1. The van der Waals surface area contributed by atoms with Crippen LogP contribution >= 0.6 is 0 Å². The average Bonchev–Trinajstić information content (AvgIpc) is 2.97. The number of hydrogen-bond acceptors (Lipinski definition) is 15. The third kappa shape index (κ3) is 6.76. The second-order valence-corrected chi connectivity index (χ2v) is 12.8. The molecule has 16 heteroatoms. The standard InChI is InChI=1S/C27H46O16/c1-8-18(32)21(35)23(37)26(39-8)42-16-6-11-14(40-25(16)9-2-12(30)19(33)13(31)3-9)4-10(29)5-15(11)41-27-24(38)22(36)20(34)17(7-28)43-27/h8-38H,2-7H2,1H3/p+1. The molecule has 43 heavy (non-hydrogen) atoms. The van der Waals surface area contributed by atoms with Crippen LogP contribution in [0.5, 0.6) is 0 Å². The van der Waals surface area contributed by atoms with Gasteiger partial charge >= 0.3 is 0 Å². The minimum absolute atomic E-state index is 0.0861. The van der Waals surface area contributed by atoms with E-state index in [0.29, 0.717) is 0 Å². The first-order valence-corrected chi connectivity index (χ1v) is 15.0. The van der Waals surface area contributed by atoms with Crippen LogP contribution < -0.4 is 0 Å². The molecule has 0 aromatic rings. The molecule has 0 bridgehead atoms. The lowest BCUT2D eigenvalue weighted by Gasteiger charge is -2.50. The summed E-state index contributed by atoms with van der Waals surface area (Å²) in [5, 5.41) is 113. The third-order valence-electron chi connectivity index (χ3n) is 9.87. The molecule has 3 saturated heterocycles. The van der Waals surface area contributed by atoms with Gasteiger partial charge in [0.15, 0.2) is 24.8 Å². The summed E-state index contributed by atoms with van der Waals surface area (Å²) >= 11 is 0. The fourth-order valence-corrected chi connectivity index (χ4v) is 7.34. The van der Waals surface area contributed by atoms with Gasteiger partial charge in [0, 0.05) is 18.8 Å². The van der Waals surface area contributed by atoms with E-state index in [1.165, 1.54) is 6.92 Å². The highest BCUT2D eigenvalue weighted by Crippen LogP contribution is 2.43. The minimum Gasteiger partial charge on any atom is -0.427 e. The molecule has 12 N–H and O–H groups in total. The molecule has 5 rings (SSSR count). The molecule has 18 atom stereocenters. The molecule has 5 aliphatic rings. The molecular formula is C27H47O16+. The van der Waals surface area contributed by atoms with Crippen LogP contribution in [-0.4, -0.2) is 178 Å². The first-order valence-electron chi connectivity index (χ1n) is 15.0. The van der Waals surface area contributed by atoms with E-state index >= 15 is 0 Å². The van der Waals surface area contributed by atoms with Crippen LogP contribution in [-0.2, 0) is 18.9 Å². The molecule has 0 aromatic carbocycles. The van der Waals surface area contributed by atoms with Gasteiger partial charge in [0.05, 0.1) is 43.0 Å². The van der Waals surface area contributed by atoms with Gasteiger partial charge in [-0.3, -0.25) is 0 Å². The number of aliphatic hydroxyl groups is 13. The average molecular weight is 628 g/mol. The predicted octanol–water partition coefficient (Wildman–Crippen LogP) is -5.68. The van der Waals surface area contributed by atoms with Crippen molar-refractivity contribution in [3.05, 3.63) is 0 Å². The van der Waals surface area contributed by atoms with Gasteiger partial charge in [-0.25, -0.2) is 0 Å². The van der Waals surface area contributed by atoms with Crippen LogP contribution in [0.4, 0.5) is 0 Å².